The number of likely N-dealkylation sites (tertiary alicyclic amines) is 1. The van der Waals surface area contributed by atoms with E-state index in [1.165, 1.54) is 4.31 Å². The van der Waals surface area contributed by atoms with Crippen LogP contribution in [0.25, 0.3) is 0 Å². The highest BCUT2D eigenvalue weighted by Gasteiger charge is 2.23. The minimum absolute atomic E-state index is 0.182. The second-order valence-electron chi connectivity index (χ2n) is 6.62. The summed E-state index contributed by atoms with van der Waals surface area (Å²) in [4.78, 5) is 13.3. The molecule has 7 heteroatoms. The summed E-state index contributed by atoms with van der Waals surface area (Å²) in [5, 5.41) is 9.05. The lowest BCUT2D eigenvalue weighted by Gasteiger charge is -2.17. The summed E-state index contributed by atoms with van der Waals surface area (Å²) in [6, 6.07) is 7.11. The third kappa shape index (κ3) is 5.29. The molecule has 0 saturated carbocycles. The Morgan fingerprint density at radius 3 is 2.79 bits per heavy atom. The Balaban J connectivity index is 1.79. The van der Waals surface area contributed by atoms with Gasteiger partial charge < -0.3 is 10.0 Å². The number of aromatic carboxylic acids is 1. The van der Waals surface area contributed by atoms with Gasteiger partial charge in [0.2, 0.25) is 10.0 Å². The minimum atomic E-state index is -3.11. The molecule has 1 aliphatic rings. The van der Waals surface area contributed by atoms with E-state index in [0.717, 1.165) is 38.0 Å². The molecule has 6 nitrogen and oxygen atoms in total. The van der Waals surface area contributed by atoms with Crippen LogP contribution in [0.5, 0.6) is 0 Å². The van der Waals surface area contributed by atoms with Crippen molar-refractivity contribution in [2.75, 3.05) is 39.5 Å². The number of nitrogens with zero attached hydrogens (tertiary/aromatic N) is 2. The molecule has 1 atom stereocenters. The summed E-state index contributed by atoms with van der Waals surface area (Å²) in [6.45, 7) is 2.71. The number of hydrogen-bond acceptors (Lipinski definition) is 4. The van der Waals surface area contributed by atoms with Crippen molar-refractivity contribution in [3.63, 3.8) is 0 Å². The fraction of sp³-hybridized carbons (Fsp3) is 0.588. The van der Waals surface area contributed by atoms with E-state index in [-0.39, 0.29) is 5.75 Å². The lowest BCUT2D eigenvalue weighted by molar-refractivity contribution is 0.0696. The molecule has 1 aliphatic heterocycles. The molecule has 1 saturated heterocycles. The molecule has 134 valence electrons. The number of carboxylic acid groups (broad SMARTS) is 1. The zero-order valence-corrected chi connectivity index (χ0v) is 15.1. The van der Waals surface area contributed by atoms with Crippen LogP contribution < -0.4 is 0 Å². The summed E-state index contributed by atoms with van der Waals surface area (Å²) < 4.78 is 24.8. The highest BCUT2D eigenvalue weighted by molar-refractivity contribution is 7.89. The standard InChI is InChI=1S/C17H26N2O4S/c1-18(2)24(22,23)10-4-8-19-9-7-15(13-19)11-14-5-3-6-16(12-14)17(20)21/h3,5-6,12,15H,4,7-11,13H2,1-2H3,(H,20,21). The molecular weight excluding hydrogens is 328 g/mol. The highest BCUT2D eigenvalue weighted by atomic mass is 32.2. The Hall–Kier alpha value is -1.44. The summed E-state index contributed by atoms with van der Waals surface area (Å²) >= 11 is 0. The number of carboxylic acids is 1. The number of rotatable bonds is 8. The number of hydrogen-bond donors (Lipinski definition) is 1. The second-order valence-corrected chi connectivity index (χ2v) is 8.92. The smallest absolute Gasteiger partial charge is 0.335 e. The molecule has 0 radical (unpaired) electrons. The van der Waals surface area contributed by atoms with Crippen LogP contribution in [0.15, 0.2) is 24.3 Å². The largest absolute Gasteiger partial charge is 0.478 e. The monoisotopic (exact) mass is 354 g/mol. The first kappa shape index (κ1) is 18.9. The van der Waals surface area contributed by atoms with Gasteiger partial charge in [-0.2, -0.15) is 0 Å². The lowest BCUT2D eigenvalue weighted by atomic mass is 9.97. The van der Waals surface area contributed by atoms with Gasteiger partial charge in [0.1, 0.15) is 0 Å². The normalized spacial score (nSPS) is 19.0. The van der Waals surface area contributed by atoms with E-state index in [1.807, 2.05) is 6.07 Å². The van der Waals surface area contributed by atoms with Gasteiger partial charge in [-0.05, 0) is 56.0 Å². The fourth-order valence-electron chi connectivity index (χ4n) is 3.10. The maximum Gasteiger partial charge on any atom is 0.335 e. The molecule has 1 aromatic rings. The van der Waals surface area contributed by atoms with Crippen LogP contribution in [0.3, 0.4) is 0 Å². The average Bonchev–Trinajstić information content (AvgIpc) is 2.94. The van der Waals surface area contributed by atoms with Crippen molar-refractivity contribution < 1.29 is 18.3 Å². The summed E-state index contributed by atoms with van der Waals surface area (Å²) in [5.41, 5.74) is 1.38. The number of carbonyl (C=O) groups is 1. The maximum absolute atomic E-state index is 11.8. The SMILES string of the molecule is CN(C)S(=O)(=O)CCCN1CCC(Cc2cccc(C(=O)O)c2)C1. The van der Waals surface area contributed by atoms with Crippen LogP contribution in [0.2, 0.25) is 0 Å². The van der Waals surface area contributed by atoms with Gasteiger partial charge in [-0.25, -0.2) is 17.5 Å². The Labute approximate surface area is 144 Å². The second kappa shape index (κ2) is 8.09. The van der Waals surface area contributed by atoms with Crippen molar-refractivity contribution in [1.82, 2.24) is 9.21 Å². The Bertz CT molecular complexity index is 673. The van der Waals surface area contributed by atoms with Crippen molar-refractivity contribution in [2.24, 2.45) is 5.92 Å². The molecule has 0 bridgehead atoms. The zero-order chi connectivity index (χ0) is 17.7. The van der Waals surface area contributed by atoms with Crippen molar-refractivity contribution in [3.05, 3.63) is 35.4 Å². The predicted molar refractivity (Wildman–Crippen MR) is 93.7 cm³/mol. The number of benzene rings is 1. The first-order valence-corrected chi connectivity index (χ1v) is 9.83. The van der Waals surface area contributed by atoms with Crippen LogP contribution in [0, 0.1) is 5.92 Å². The molecule has 0 aromatic heterocycles. The van der Waals surface area contributed by atoms with E-state index in [9.17, 15) is 13.2 Å². The molecule has 2 rings (SSSR count). The van der Waals surface area contributed by atoms with Crippen LogP contribution in [0.1, 0.15) is 28.8 Å². The van der Waals surface area contributed by atoms with Gasteiger partial charge in [-0.15, -0.1) is 0 Å². The molecule has 1 unspecified atom stereocenters. The van der Waals surface area contributed by atoms with E-state index < -0.39 is 16.0 Å². The Kier molecular flexibility index (Phi) is 6.37. The van der Waals surface area contributed by atoms with Gasteiger partial charge in [0.05, 0.1) is 11.3 Å². The van der Waals surface area contributed by atoms with Crippen LogP contribution in [0.4, 0.5) is 0 Å². The maximum atomic E-state index is 11.8. The summed E-state index contributed by atoms with van der Waals surface area (Å²) in [5.74, 6) is -0.214. The summed E-state index contributed by atoms with van der Waals surface area (Å²) in [7, 11) is 0.0101. The third-order valence-corrected chi connectivity index (χ3v) is 6.42. The number of sulfonamides is 1. The Morgan fingerprint density at radius 1 is 1.38 bits per heavy atom. The van der Waals surface area contributed by atoms with Crippen LogP contribution in [-0.4, -0.2) is 68.2 Å². The molecule has 1 aromatic carbocycles. The van der Waals surface area contributed by atoms with Crippen LogP contribution >= 0.6 is 0 Å². The lowest BCUT2D eigenvalue weighted by Crippen LogP contribution is -2.29. The predicted octanol–water partition coefficient (Wildman–Crippen LogP) is 1.53. The molecule has 0 aliphatic carbocycles. The van der Waals surface area contributed by atoms with E-state index in [2.05, 4.69) is 4.90 Å². The third-order valence-electron chi connectivity index (χ3n) is 4.50. The van der Waals surface area contributed by atoms with Crippen molar-refractivity contribution in [1.29, 1.82) is 0 Å². The molecular formula is C17H26N2O4S. The molecule has 1 heterocycles. The quantitative estimate of drug-likeness (QED) is 0.766. The first-order valence-electron chi connectivity index (χ1n) is 8.23. The van der Waals surface area contributed by atoms with E-state index in [4.69, 9.17) is 5.11 Å². The van der Waals surface area contributed by atoms with Gasteiger partial charge in [0, 0.05) is 20.6 Å². The average molecular weight is 354 g/mol. The Morgan fingerprint density at radius 2 is 2.12 bits per heavy atom. The molecule has 24 heavy (non-hydrogen) atoms. The highest BCUT2D eigenvalue weighted by Crippen LogP contribution is 2.21. The van der Waals surface area contributed by atoms with Gasteiger partial charge in [-0.1, -0.05) is 12.1 Å². The minimum Gasteiger partial charge on any atom is -0.478 e. The fourth-order valence-corrected chi connectivity index (χ4v) is 3.96. The van der Waals surface area contributed by atoms with E-state index in [1.54, 1.807) is 32.3 Å². The molecule has 0 spiro atoms. The van der Waals surface area contributed by atoms with Crippen molar-refractivity contribution in [3.8, 4) is 0 Å². The van der Waals surface area contributed by atoms with Gasteiger partial charge in [0.15, 0.2) is 0 Å². The van der Waals surface area contributed by atoms with Crippen molar-refractivity contribution >= 4 is 16.0 Å². The topological polar surface area (TPSA) is 77.9 Å². The van der Waals surface area contributed by atoms with Crippen LogP contribution in [-0.2, 0) is 16.4 Å². The summed E-state index contributed by atoms with van der Waals surface area (Å²) in [6.07, 6.45) is 2.58. The van der Waals surface area contributed by atoms with Gasteiger partial charge in [0.25, 0.3) is 0 Å². The zero-order valence-electron chi connectivity index (χ0n) is 14.3. The van der Waals surface area contributed by atoms with E-state index in [0.29, 0.717) is 17.9 Å². The van der Waals surface area contributed by atoms with Crippen molar-refractivity contribution in [2.45, 2.75) is 19.3 Å². The molecule has 1 fully saturated rings. The van der Waals surface area contributed by atoms with E-state index >= 15 is 0 Å². The van der Waals surface area contributed by atoms with Gasteiger partial charge >= 0.3 is 5.97 Å². The molecule has 0 amide bonds. The first-order chi connectivity index (χ1) is 11.3. The molecule has 1 N–H and O–H groups in total. The van der Waals surface area contributed by atoms with Gasteiger partial charge in [-0.3, -0.25) is 0 Å².